The molecule has 0 saturated heterocycles. The molecule has 0 spiro atoms. The third kappa shape index (κ3) is 3.85. The van der Waals surface area contributed by atoms with Crippen LogP contribution in [-0.2, 0) is 0 Å². The number of anilines is 1. The normalized spacial score (nSPS) is 10.2. The van der Waals surface area contributed by atoms with Crippen LogP contribution >= 0.6 is 34.8 Å². The summed E-state index contributed by atoms with van der Waals surface area (Å²) in [6.07, 6.45) is 0. The van der Waals surface area contributed by atoms with Crippen LogP contribution in [0.5, 0.6) is 0 Å². The average Bonchev–Trinajstić information content (AvgIpc) is 2.36. The van der Waals surface area contributed by atoms with Crippen LogP contribution in [0, 0.1) is 10.1 Å². The van der Waals surface area contributed by atoms with Crippen molar-refractivity contribution in [1.29, 1.82) is 0 Å². The van der Waals surface area contributed by atoms with Crippen molar-refractivity contribution in [3.8, 4) is 0 Å². The van der Waals surface area contributed by atoms with Gasteiger partial charge in [0.25, 0.3) is 11.6 Å². The van der Waals surface area contributed by atoms with Gasteiger partial charge in [-0.05, 0) is 24.3 Å². The number of rotatable bonds is 3. The van der Waals surface area contributed by atoms with Crippen molar-refractivity contribution < 1.29 is 9.72 Å². The van der Waals surface area contributed by atoms with Gasteiger partial charge in [-0.1, -0.05) is 34.8 Å². The van der Waals surface area contributed by atoms with Gasteiger partial charge in [-0.2, -0.15) is 0 Å². The van der Waals surface area contributed by atoms with Gasteiger partial charge in [-0.25, -0.2) is 0 Å². The molecule has 0 aromatic heterocycles. The van der Waals surface area contributed by atoms with Crippen molar-refractivity contribution in [2.75, 3.05) is 5.32 Å². The minimum atomic E-state index is -0.593. The van der Waals surface area contributed by atoms with E-state index in [4.69, 9.17) is 34.8 Å². The van der Waals surface area contributed by atoms with Gasteiger partial charge in [-0.3, -0.25) is 14.9 Å². The first-order valence-electron chi connectivity index (χ1n) is 5.58. The number of hydrogen-bond donors (Lipinski definition) is 1. The van der Waals surface area contributed by atoms with Crippen molar-refractivity contribution in [3.05, 3.63) is 67.1 Å². The zero-order chi connectivity index (χ0) is 15.6. The van der Waals surface area contributed by atoms with Crippen molar-refractivity contribution >= 4 is 52.1 Å². The minimum Gasteiger partial charge on any atom is -0.322 e. The summed E-state index contributed by atoms with van der Waals surface area (Å²) in [5.74, 6) is -0.520. The topological polar surface area (TPSA) is 72.2 Å². The maximum Gasteiger partial charge on any atom is 0.270 e. The molecule has 2 aromatic rings. The summed E-state index contributed by atoms with van der Waals surface area (Å²) in [4.78, 5) is 22.1. The standard InChI is InChI=1S/C13H7Cl3N2O3/c14-7-3-8(15)5-9(4-7)17-13(19)11-2-1-10(18(20)21)6-12(11)16/h1-6H,(H,17,19). The van der Waals surface area contributed by atoms with E-state index in [1.807, 2.05) is 0 Å². The second-order valence-electron chi connectivity index (χ2n) is 4.03. The number of amides is 1. The summed E-state index contributed by atoms with van der Waals surface area (Å²) in [6, 6.07) is 8.15. The van der Waals surface area contributed by atoms with Gasteiger partial charge in [0.15, 0.2) is 0 Å². The number of nitrogens with zero attached hydrogens (tertiary/aromatic N) is 1. The third-order valence-electron chi connectivity index (χ3n) is 2.53. The Bertz CT molecular complexity index is 714. The molecule has 0 atom stereocenters. The Kier molecular flexibility index (Phi) is 4.67. The summed E-state index contributed by atoms with van der Waals surface area (Å²) in [5, 5.41) is 13.9. The van der Waals surface area contributed by atoms with Crippen LogP contribution in [0.1, 0.15) is 10.4 Å². The van der Waals surface area contributed by atoms with Gasteiger partial charge < -0.3 is 5.32 Å². The van der Waals surface area contributed by atoms with E-state index >= 15 is 0 Å². The number of carbonyl (C=O) groups excluding carboxylic acids is 1. The van der Waals surface area contributed by atoms with E-state index < -0.39 is 10.8 Å². The Balaban J connectivity index is 2.26. The van der Waals surface area contributed by atoms with Crippen LogP contribution in [0.25, 0.3) is 0 Å². The number of halogens is 3. The molecular formula is C13H7Cl3N2O3. The second-order valence-corrected chi connectivity index (χ2v) is 5.31. The van der Waals surface area contributed by atoms with Gasteiger partial charge in [0.1, 0.15) is 0 Å². The van der Waals surface area contributed by atoms with E-state index in [-0.39, 0.29) is 16.3 Å². The highest BCUT2D eigenvalue weighted by Gasteiger charge is 2.15. The van der Waals surface area contributed by atoms with Crippen LogP contribution in [-0.4, -0.2) is 10.8 Å². The molecular weight excluding hydrogens is 339 g/mol. The number of benzene rings is 2. The fraction of sp³-hybridized carbons (Fsp3) is 0. The molecule has 108 valence electrons. The van der Waals surface area contributed by atoms with Gasteiger partial charge in [-0.15, -0.1) is 0 Å². The number of carbonyl (C=O) groups is 1. The van der Waals surface area contributed by atoms with E-state index in [2.05, 4.69) is 5.32 Å². The molecule has 0 aliphatic heterocycles. The fourth-order valence-electron chi connectivity index (χ4n) is 1.63. The maximum absolute atomic E-state index is 12.1. The Morgan fingerprint density at radius 3 is 2.19 bits per heavy atom. The molecule has 0 unspecified atom stereocenters. The van der Waals surface area contributed by atoms with Crippen molar-refractivity contribution in [1.82, 2.24) is 0 Å². The summed E-state index contributed by atoms with van der Waals surface area (Å²) in [6.45, 7) is 0. The third-order valence-corrected chi connectivity index (χ3v) is 3.28. The van der Waals surface area contributed by atoms with Crippen LogP contribution < -0.4 is 5.32 Å². The van der Waals surface area contributed by atoms with Crippen molar-refractivity contribution in [3.63, 3.8) is 0 Å². The first-order valence-corrected chi connectivity index (χ1v) is 6.71. The summed E-state index contributed by atoms with van der Waals surface area (Å²) in [5.41, 5.74) is 0.313. The lowest BCUT2D eigenvalue weighted by atomic mass is 10.2. The average molecular weight is 346 g/mol. The molecule has 0 bridgehead atoms. The largest absolute Gasteiger partial charge is 0.322 e. The highest BCUT2D eigenvalue weighted by atomic mass is 35.5. The fourth-order valence-corrected chi connectivity index (χ4v) is 2.41. The van der Waals surface area contributed by atoms with Crippen LogP contribution in [0.4, 0.5) is 11.4 Å². The Morgan fingerprint density at radius 1 is 1.05 bits per heavy atom. The molecule has 0 fully saturated rings. The molecule has 0 saturated carbocycles. The van der Waals surface area contributed by atoms with E-state index in [9.17, 15) is 14.9 Å². The van der Waals surface area contributed by atoms with Gasteiger partial charge in [0, 0.05) is 27.9 Å². The number of nitro groups is 1. The predicted molar refractivity (Wildman–Crippen MR) is 82.5 cm³/mol. The summed E-state index contributed by atoms with van der Waals surface area (Å²) < 4.78 is 0. The molecule has 0 heterocycles. The maximum atomic E-state index is 12.1. The van der Waals surface area contributed by atoms with Crippen molar-refractivity contribution in [2.45, 2.75) is 0 Å². The smallest absolute Gasteiger partial charge is 0.270 e. The molecule has 0 aliphatic carbocycles. The SMILES string of the molecule is O=C(Nc1cc(Cl)cc(Cl)c1)c1ccc([N+](=O)[O-])cc1Cl. The van der Waals surface area contributed by atoms with Crippen LogP contribution in [0.2, 0.25) is 15.1 Å². The summed E-state index contributed by atoms with van der Waals surface area (Å²) >= 11 is 17.5. The van der Waals surface area contributed by atoms with Gasteiger partial charge in [0.2, 0.25) is 0 Å². The number of nitrogens with one attached hydrogen (secondary N) is 1. The van der Waals surface area contributed by atoms with Crippen LogP contribution in [0.3, 0.4) is 0 Å². The minimum absolute atomic E-state index is 0.0187. The monoisotopic (exact) mass is 344 g/mol. The van der Waals surface area contributed by atoms with E-state index in [0.717, 1.165) is 6.07 Å². The van der Waals surface area contributed by atoms with E-state index in [0.29, 0.717) is 15.7 Å². The molecule has 1 N–H and O–H groups in total. The quantitative estimate of drug-likeness (QED) is 0.641. The first kappa shape index (κ1) is 15.6. The second kappa shape index (κ2) is 6.30. The number of non-ortho nitro benzene ring substituents is 1. The number of nitro benzene ring substituents is 1. The lowest BCUT2D eigenvalue weighted by Gasteiger charge is -2.07. The molecule has 2 aromatic carbocycles. The van der Waals surface area contributed by atoms with Gasteiger partial charge in [0.05, 0.1) is 15.5 Å². The molecule has 21 heavy (non-hydrogen) atoms. The van der Waals surface area contributed by atoms with E-state index in [1.165, 1.54) is 30.3 Å². The lowest BCUT2D eigenvalue weighted by Crippen LogP contribution is -2.12. The lowest BCUT2D eigenvalue weighted by molar-refractivity contribution is -0.384. The van der Waals surface area contributed by atoms with E-state index in [1.54, 1.807) is 0 Å². The first-order chi connectivity index (χ1) is 9.86. The Labute approximate surface area is 134 Å². The molecule has 0 radical (unpaired) electrons. The Morgan fingerprint density at radius 2 is 1.67 bits per heavy atom. The molecule has 1 amide bonds. The highest BCUT2D eigenvalue weighted by Crippen LogP contribution is 2.25. The zero-order valence-corrected chi connectivity index (χ0v) is 12.5. The summed E-state index contributed by atoms with van der Waals surface area (Å²) in [7, 11) is 0. The van der Waals surface area contributed by atoms with Crippen molar-refractivity contribution in [2.24, 2.45) is 0 Å². The molecule has 2 rings (SSSR count). The molecule has 8 heteroatoms. The van der Waals surface area contributed by atoms with Crippen LogP contribution in [0.15, 0.2) is 36.4 Å². The molecule has 0 aliphatic rings. The Hall–Kier alpha value is -1.82. The predicted octanol–water partition coefficient (Wildman–Crippen LogP) is 4.81. The molecule has 5 nitrogen and oxygen atoms in total. The highest BCUT2D eigenvalue weighted by molar-refractivity contribution is 6.36. The zero-order valence-electron chi connectivity index (χ0n) is 10.3. The number of hydrogen-bond acceptors (Lipinski definition) is 3. The van der Waals surface area contributed by atoms with Gasteiger partial charge >= 0.3 is 0 Å².